The van der Waals surface area contributed by atoms with Crippen molar-refractivity contribution < 1.29 is 4.74 Å². The smallest absolute Gasteiger partial charge is 0.0891 e. The molecule has 4 rings (SSSR count). The maximum atomic E-state index is 5.40. The number of ether oxygens (including phenoxy) is 1. The van der Waals surface area contributed by atoms with Gasteiger partial charge in [-0.1, -0.05) is 18.2 Å². The summed E-state index contributed by atoms with van der Waals surface area (Å²) >= 11 is 0. The SMILES string of the molecule is COCc1ncc(-c2ccccn2)c(-c2ccccn2)c1-c1ccccn1. The van der Waals surface area contributed by atoms with Gasteiger partial charge in [-0.25, -0.2) is 0 Å². The first kappa shape index (κ1) is 17.0. The van der Waals surface area contributed by atoms with Gasteiger partial charge in [0.15, 0.2) is 0 Å². The van der Waals surface area contributed by atoms with Gasteiger partial charge in [0.25, 0.3) is 0 Å². The molecule has 0 unspecified atom stereocenters. The van der Waals surface area contributed by atoms with Crippen LogP contribution in [0.2, 0.25) is 0 Å². The monoisotopic (exact) mass is 354 g/mol. The second-order valence-electron chi connectivity index (χ2n) is 5.95. The molecule has 4 aromatic rings. The molecule has 0 spiro atoms. The molecule has 4 aromatic heterocycles. The van der Waals surface area contributed by atoms with E-state index in [1.54, 1.807) is 25.7 Å². The molecule has 0 aliphatic heterocycles. The van der Waals surface area contributed by atoms with Crippen LogP contribution in [0.4, 0.5) is 0 Å². The van der Waals surface area contributed by atoms with Gasteiger partial charge in [-0.3, -0.25) is 19.9 Å². The van der Waals surface area contributed by atoms with Gasteiger partial charge in [-0.15, -0.1) is 0 Å². The third-order valence-corrected chi connectivity index (χ3v) is 4.22. The molecule has 4 heterocycles. The summed E-state index contributed by atoms with van der Waals surface area (Å²) in [7, 11) is 1.66. The standard InChI is InChI=1S/C22H18N4O/c1-27-15-20-22(19-10-4-7-13-25-19)21(18-9-3-6-12-24-18)16(14-26-20)17-8-2-5-11-23-17/h2-14H,15H2,1H3. The lowest BCUT2D eigenvalue weighted by atomic mass is 9.93. The number of methoxy groups -OCH3 is 1. The number of nitrogens with zero attached hydrogens (tertiary/aromatic N) is 4. The Morgan fingerprint density at radius 1 is 0.667 bits per heavy atom. The van der Waals surface area contributed by atoms with E-state index >= 15 is 0 Å². The van der Waals surface area contributed by atoms with Gasteiger partial charge in [-0.05, 0) is 36.4 Å². The van der Waals surface area contributed by atoms with Crippen LogP contribution in [0, 0.1) is 0 Å². The summed E-state index contributed by atoms with van der Waals surface area (Å²) in [6.07, 6.45) is 7.19. The number of rotatable bonds is 5. The Balaban J connectivity index is 2.08. The summed E-state index contributed by atoms with van der Waals surface area (Å²) in [4.78, 5) is 18.4. The molecule has 0 atom stereocenters. The molecule has 27 heavy (non-hydrogen) atoms. The lowest BCUT2D eigenvalue weighted by Gasteiger charge is -2.17. The molecule has 0 saturated heterocycles. The second-order valence-corrected chi connectivity index (χ2v) is 5.95. The highest BCUT2D eigenvalue weighted by molar-refractivity contribution is 5.92. The van der Waals surface area contributed by atoms with E-state index in [4.69, 9.17) is 4.74 Å². The topological polar surface area (TPSA) is 60.8 Å². The summed E-state index contributed by atoms with van der Waals surface area (Å²) < 4.78 is 5.40. The number of hydrogen-bond donors (Lipinski definition) is 0. The molecule has 0 saturated carbocycles. The van der Waals surface area contributed by atoms with Gasteiger partial charge >= 0.3 is 0 Å². The Morgan fingerprint density at radius 3 is 1.74 bits per heavy atom. The zero-order valence-corrected chi connectivity index (χ0v) is 14.9. The van der Waals surface area contributed by atoms with Gasteiger partial charge in [-0.2, -0.15) is 0 Å². The normalized spacial score (nSPS) is 10.7. The molecular weight excluding hydrogens is 336 g/mol. The fraction of sp³-hybridized carbons (Fsp3) is 0.0909. The Labute approximate surface area is 157 Å². The van der Waals surface area contributed by atoms with Crippen LogP contribution in [0.1, 0.15) is 5.69 Å². The molecule has 132 valence electrons. The number of pyridine rings is 4. The molecule has 0 fully saturated rings. The fourth-order valence-corrected chi connectivity index (χ4v) is 3.08. The molecule has 5 heteroatoms. The van der Waals surface area contributed by atoms with Crippen molar-refractivity contribution in [3.63, 3.8) is 0 Å². The van der Waals surface area contributed by atoms with Crippen LogP contribution in [0.3, 0.4) is 0 Å². The third kappa shape index (κ3) is 3.45. The van der Waals surface area contributed by atoms with E-state index in [9.17, 15) is 0 Å². The Hall–Kier alpha value is -3.44. The summed E-state index contributed by atoms with van der Waals surface area (Å²) in [6, 6.07) is 17.6. The average Bonchev–Trinajstić information content (AvgIpc) is 2.75. The van der Waals surface area contributed by atoms with Crippen LogP contribution in [-0.2, 0) is 11.3 Å². The quantitative estimate of drug-likeness (QED) is 0.531. The number of aromatic nitrogens is 4. The molecule has 0 aliphatic rings. The Morgan fingerprint density at radius 2 is 1.22 bits per heavy atom. The Kier molecular flexibility index (Phi) is 4.94. The first-order valence-corrected chi connectivity index (χ1v) is 8.63. The average molecular weight is 354 g/mol. The highest BCUT2D eigenvalue weighted by Gasteiger charge is 2.21. The van der Waals surface area contributed by atoms with Crippen molar-refractivity contribution in [1.82, 2.24) is 19.9 Å². The largest absolute Gasteiger partial charge is 0.378 e. The molecule has 0 radical (unpaired) electrons. The minimum Gasteiger partial charge on any atom is -0.378 e. The minimum atomic E-state index is 0.383. The summed E-state index contributed by atoms with van der Waals surface area (Å²) in [5, 5.41) is 0. The van der Waals surface area contributed by atoms with Crippen molar-refractivity contribution in [2.75, 3.05) is 7.11 Å². The molecule has 5 nitrogen and oxygen atoms in total. The van der Waals surface area contributed by atoms with E-state index in [2.05, 4.69) is 19.9 Å². The fourth-order valence-electron chi connectivity index (χ4n) is 3.08. The highest BCUT2D eigenvalue weighted by Crippen LogP contribution is 2.39. The summed E-state index contributed by atoms with van der Waals surface area (Å²) in [5.74, 6) is 0. The lowest BCUT2D eigenvalue weighted by molar-refractivity contribution is 0.182. The maximum absolute atomic E-state index is 5.40. The van der Waals surface area contributed by atoms with E-state index < -0.39 is 0 Å². The van der Waals surface area contributed by atoms with Gasteiger partial charge in [0.1, 0.15) is 0 Å². The maximum Gasteiger partial charge on any atom is 0.0891 e. The van der Waals surface area contributed by atoms with E-state index in [-0.39, 0.29) is 0 Å². The van der Waals surface area contributed by atoms with Crippen LogP contribution in [-0.4, -0.2) is 27.0 Å². The minimum absolute atomic E-state index is 0.383. The van der Waals surface area contributed by atoms with E-state index in [1.807, 2.05) is 60.8 Å². The van der Waals surface area contributed by atoms with E-state index in [0.717, 1.165) is 39.5 Å². The van der Waals surface area contributed by atoms with Gasteiger partial charge in [0.05, 0.1) is 29.4 Å². The third-order valence-electron chi connectivity index (χ3n) is 4.22. The molecular formula is C22H18N4O. The lowest BCUT2D eigenvalue weighted by Crippen LogP contribution is -2.03. The molecule has 0 amide bonds. The van der Waals surface area contributed by atoms with Crippen molar-refractivity contribution in [2.45, 2.75) is 6.61 Å². The first-order chi connectivity index (χ1) is 13.4. The van der Waals surface area contributed by atoms with Crippen molar-refractivity contribution in [2.24, 2.45) is 0 Å². The molecule has 0 N–H and O–H groups in total. The zero-order valence-electron chi connectivity index (χ0n) is 14.9. The van der Waals surface area contributed by atoms with Crippen LogP contribution in [0.5, 0.6) is 0 Å². The van der Waals surface area contributed by atoms with Crippen molar-refractivity contribution in [3.8, 4) is 33.8 Å². The van der Waals surface area contributed by atoms with Crippen LogP contribution in [0.25, 0.3) is 33.8 Å². The Bertz CT molecular complexity index is 1020. The highest BCUT2D eigenvalue weighted by atomic mass is 16.5. The van der Waals surface area contributed by atoms with Crippen LogP contribution < -0.4 is 0 Å². The summed E-state index contributed by atoms with van der Waals surface area (Å²) in [6.45, 7) is 0.383. The zero-order chi connectivity index (χ0) is 18.5. The van der Waals surface area contributed by atoms with Crippen molar-refractivity contribution >= 4 is 0 Å². The summed E-state index contributed by atoms with van der Waals surface area (Å²) in [5.41, 5.74) is 6.11. The first-order valence-electron chi connectivity index (χ1n) is 8.63. The van der Waals surface area contributed by atoms with Gasteiger partial charge in [0.2, 0.25) is 0 Å². The van der Waals surface area contributed by atoms with E-state index in [1.165, 1.54) is 0 Å². The predicted molar refractivity (Wildman–Crippen MR) is 105 cm³/mol. The second kappa shape index (κ2) is 7.85. The van der Waals surface area contributed by atoms with Gasteiger partial charge in [0, 0.05) is 48.6 Å². The predicted octanol–water partition coefficient (Wildman–Crippen LogP) is 4.41. The van der Waals surface area contributed by atoms with Crippen LogP contribution in [0.15, 0.2) is 79.4 Å². The molecule has 0 bridgehead atoms. The van der Waals surface area contributed by atoms with Crippen LogP contribution >= 0.6 is 0 Å². The molecule has 0 aromatic carbocycles. The van der Waals surface area contributed by atoms with Crippen molar-refractivity contribution in [1.29, 1.82) is 0 Å². The number of hydrogen-bond acceptors (Lipinski definition) is 5. The molecule has 0 aliphatic carbocycles. The van der Waals surface area contributed by atoms with Gasteiger partial charge < -0.3 is 4.74 Å². The van der Waals surface area contributed by atoms with E-state index in [0.29, 0.717) is 6.61 Å². The van der Waals surface area contributed by atoms with Crippen molar-refractivity contribution in [3.05, 3.63) is 85.1 Å².